The summed E-state index contributed by atoms with van der Waals surface area (Å²) in [4.78, 5) is 24.5. The van der Waals surface area contributed by atoms with Gasteiger partial charge in [0.2, 0.25) is 0 Å². The molecule has 0 saturated heterocycles. The highest BCUT2D eigenvalue weighted by Gasteiger charge is 2.08. The zero-order chi connectivity index (χ0) is 17.2. The van der Waals surface area contributed by atoms with E-state index in [1.807, 2.05) is 30.3 Å². The molecule has 6 heteroatoms. The maximum Gasteiger partial charge on any atom is 0.310 e. The lowest BCUT2D eigenvalue weighted by molar-refractivity contribution is -0.147. The maximum atomic E-state index is 11.7. The van der Waals surface area contributed by atoms with Crippen LogP contribution >= 0.6 is 23.4 Å². The predicted octanol–water partition coefficient (Wildman–Crippen LogP) is 3.33. The van der Waals surface area contributed by atoms with Crippen LogP contribution in [0, 0.1) is 0 Å². The van der Waals surface area contributed by atoms with E-state index in [1.165, 1.54) is 0 Å². The fourth-order valence-corrected chi connectivity index (χ4v) is 2.81. The van der Waals surface area contributed by atoms with Gasteiger partial charge in [-0.1, -0.05) is 41.9 Å². The van der Waals surface area contributed by atoms with Crippen molar-refractivity contribution in [2.24, 2.45) is 0 Å². The SMILES string of the molecule is O=C(COC(=O)Cc1ccc(Cl)cc1)NCCSc1ccccc1. The molecule has 0 heterocycles. The Labute approximate surface area is 150 Å². The molecular formula is C18H18ClNO3S. The van der Waals surface area contributed by atoms with E-state index >= 15 is 0 Å². The molecule has 2 aromatic rings. The van der Waals surface area contributed by atoms with Crippen LogP contribution in [0.15, 0.2) is 59.5 Å². The number of carbonyl (C=O) groups is 2. The molecule has 2 rings (SSSR count). The van der Waals surface area contributed by atoms with Gasteiger partial charge in [-0.3, -0.25) is 9.59 Å². The summed E-state index contributed by atoms with van der Waals surface area (Å²) in [6, 6.07) is 16.9. The Balaban J connectivity index is 1.58. The van der Waals surface area contributed by atoms with Crippen LogP contribution in [0.2, 0.25) is 5.02 Å². The van der Waals surface area contributed by atoms with E-state index in [2.05, 4.69) is 5.32 Å². The van der Waals surface area contributed by atoms with Gasteiger partial charge in [-0.25, -0.2) is 0 Å². The summed E-state index contributed by atoms with van der Waals surface area (Å²) in [5.74, 6) is 0.0216. The van der Waals surface area contributed by atoms with Gasteiger partial charge in [-0.05, 0) is 29.8 Å². The van der Waals surface area contributed by atoms with Crippen LogP contribution in [-0.2, 0) is 20.7 Å². The van der Waals surface area contributed by atoms with Crippen molar-refractivity contribution in [3.63, 3.8) is 0 Å². The molecule has 24 heavy (non-hydrogen) atoms. The van der Waals surface area contributed by atoms with Crippen LogP contribution in [0.1, 0.15) is 5.56 Å². The van der Waals surface area contributed by atoms with Gasteiger partial charge in [0.25, 0.3) is 5.91 Å². The monoisotopic (exact) mass is 363 g/mol. The van der Waals surface area contributed by atoms with E-state index in [-0.39, 0.29) is 18.9 Å². The van der Waals surface area contributed by atoms with Gasteiger partial charge in [-0.2, -0.15) is 0 Å². The summed E-state index contributed by atoms with van der Waals surface area (Å²) < 4.78 is 4.96. The molecular weight excluding hydrogens is 346 g/mol. The fraction of sp³-hybridized carbons (Fsp3) is 0.222. The summed E-state index contributed by atoms with van der Waals surface area (Å²) in [6.45, 7) is 0.259. The molecule has 0 bridgehead atoms. The molecule has 0 aliphatic carbocycles. The summed E-state index contributed by atoms with van der Waals surface area (Å²) in [5.41, 5.74) is 0.795. The number of hydrogen-bond acceptors (Lipinski definition) is 4. The summed E-state index contributed by atoms with van der Waals surface area (Å²) in [7, 11) is 0. The van der Waals surface area contributed by atoms with Gasteiger partial charge in [0.1, 0.15) is 0 Å². The molecule has 0 radical (unpaired) electrons. The first-order chi connectivity index (χ1) is 11.6. The quantitative estimate of drug-likeness (QED) is 0.444. The molecule has 0 saturated carbocycles. The second kappa shape index (κ2) is 10.0. The highest BCUT2D eigenvalue weighted by molar-refractivity contribution is 7.99. The van der Waals surface area contributed by atoms with Crippen molar-refractivity contribution in [2.45, 2.75) is 11.3 Å². The van der Waals surface area contributed by atoms with Gasteiger partial charge >= 0.3 is 5.97 Å². The molecule has 126 valence electrons. The van der Waals surface area contributed by atoms with E-state index in [4.69, 9.17) is 16.3 Å². The number of benzene rings is 2. The summed E-state index contributed by atoms with van der Waals surface area (Å²) >= 11 is 7.44. The molecule has 0 aliphatic heterocycles. The minimum Gasteiger partial charge on any atom is -0.455 e. The number of amides is 1. The van der Waals surface area contributed by atoms with Crippen LogP contribution in [0.25, 0.3) is 0 Å². The van der Waals surface area contributed by atoms with Crippen molar-refractivity contribution in [1.82, 2.24) is 5.32 Å². The van der Waals surface area contributed by atoms with Crippen molar-refractivity contribution in [3.8, 4) is 0 Å². The van der Waals surface area contributed by atoms with E-state index in [0.717, 1.165) is 16.2 Å². The average molecular weight is 364 g/mol. The summed E-state index contributed by atoms with van der Waals surface area (Å²) in [5, 5.41) is 3.34. The number of thioether (sulfide) groups is 1. The number of halogens is 1. The van der Waals surface area contributed by atoms with E-state index in [9.17, 15) is 9.59 Å². The molecule has 0 aliphatic rings. The molecule has 4 nitrogen and oxygen atoms in total. The zero-order valence-corrected chi connectivity index (χ0v) is 14.6. The number of ether oxygens (including phenoxy) is 1. The van der Waals surface area contributed by atoms with E-state index < -0.39 is 5.97 Å². The highest BCUT2D eigenvalue weighted by Crippen LogP contribution is 2.15. The molecule has 0 atom stereocenters. The van der Waals surface area contributed by atoms with Crippen molar-refractivity contribution >= 4 is 35.2 Å². The normalized spacial score (nSPS) is 10.2. The third-order valence-corrected chi connectivity index (χ3v) is 4.33. The van der Waals surface area contributed by atoms with Crippen LogP contribution in [0.4, 0.5) is 0 Å². The maximum absolute atomic E-state index is 11.7. The number of nitrogens with one attached hydrogen (secondary N) is 1. The average Bonchev–Trinajstić information content (AvgIpc) is 2.60. The zero-order valence-electron chi connectivity index (χ0n) is 13.0. The molecule has 2 aromatic carbocycles. The van der Waals surface area contributed by atoms with Crippen LogP contribution < -0.4 is 5.32 Å². The molecule has 0 fully saturated rings. The standard InChI is InChI=1S/C18H18ClNO3S/c19-15-8-6-14(7-9-15)12-18(22)23-13-17(21)20-10-11-24-16-4-2-1-3-5-16/h1-9H,10-13H2,(H,20,21). The fourth-order valence-electron chi connectivity index (χ4n) is 1.89. The minimum atomic E-state index is -0.439. The van der Waals surface area contributed by atoms with E-state index in [0.29, 0.717) is 11.6 Å². The van der Waals surface area contributed by atoms with Gasteiger partial charge in [0, 0.05) is 22.2 Å². The first-order valence-electron chi connectivity index (χ1n) is 7.48. The lowest BCUT2D eigenvalue weighted by Crippen LogP contribution is -2.30. The molecule has 1 amide bonds. The summed E-state index contributed by atoms with van der Waals surface area (Å²) in [6.07, 6.45) is 0.119. The Hall–Kier alpha value is -1.98. The van der Waals surface area contributed by atoms with Crippen LogP contribution in [0.3, 0.4) is 0 Å². The Morgan fingerprint density at radius 1 is 1.04 bits per heavy atom. The second-order valence-corrected chi connectivity index (χ2v) is 6.58. The minimum absolute atomic E-state index is 0.119. The number of esters is 1. The molecule has 1 N–H and O–H groups in total. The lowest BCUT2D eigenvalue weighted by atomic mass is 10.1. The molecule has 0 unspecified atom stereocenters. The lowest BCUT2D eigenvalue weighted by Gasteiger charge is -2.07. The molecule has 0 spiro atoms. The largest absolute Gasteiger partial charge is 0.455 e. The number of carbonyl (C=O) groups excluding carboxylic acids is 2. The van der Waals surface area contributed by atoms with Gasteiger partial charge in [0.05, 0.1) is 6.42 Å². The second-order valence-electron chi connectivity index (χ2n) is 4.98. The van der Waals surface area contributed by atoms with E-state index in [1.54, 1.807) is 36.0 Å². The predicted molar refractivity (Wildman–Crippen MR) is 96.3 cm³/mol. The first-order valence-corrected chi connectivity index (χ1v) is 8.84. The van der Waals surface area contributed by atoms with Gasteiger partial charge in [-0.15, -0.1) is 11.8 Å². The van der Waals surface area contributed by atoms with Gasteiger partial charge < -0.3 is 10.1 Å². The first kappa shape index (κ1) is 18.4. The Bertz CT molecular complexity index is 662. The molecule has 0 aromatic heterocycles. The van der Waals surface area contributed by atoms with Crippen molar-refractivity contribution in [3.05, 3.63) is 65.2 Å². The highest BCUT2D eigenvalue weighted by atomic mass is 35.5. The Kier molecular flexibility index (Phi) is 7.65. The smallest absolute Gasteiger partial charge is 0.310 e. The van der Waals surface area contributed by atoms with Crippen LogP contribution in [-0.4, -0.2) is 30.8 Å². The van der Waals surface area contributed by atoms with Crippen molar-refractivity contribution in [2.75, 3.05) is 18.9 Å². The topological polar surface area (TPSA) is 55.4 Å². The Morgan fingerprint density at radius 3 is 2.46 bits per heavy atom. The number of hydrogen-bond donors (Lipinski definition) is 1. The van der Waals surface area contributed by atoms with Crippen molar-refractivity contribution in [1.29, 1.82) is 0 Å². The van der Waals surface area contributed by atoms with Crippen LogP contribution in [0.5, 0.6) is 0 Å². The van der Waals surface area contributed by atoms with Gasteiger partial charge in [0.15, 0.2) is 6.61 Å². The number of rotatable bonds is 8. The van der Waals surface area contributed by atoms with Crippen molar-refractivity contribution < 1.29 is 14.3 Å². The Morgan fingerprint density at radius 2 is 1.75 bits per heavy atom. The third kappa shape index (κ3) is 7.06. The third-order valence-electron chi connectivity index (χ3n) is 3.06.